The van der Waals surface area contributed by atoms with Crippen LogP contribution in [0.2, 0.25) is 0 Å². The van der Waals surface area contributed by atoms with E-state index in [0.717, 1.165) is 18.2 Å². The molecule has 150 valence electrons. The van der Waals surface area contributed by atoms with Gasteiger partial charge in [-0.05, 0) is 29.8 Å². The molecule has 0 bridgehead atoms. The number of nitrogens with zero attached hydrogens (tertiary/aromatic N) is 2. The van der Waals surface area contributed by atoms with E-state index >= 15 is 0 Å². The number of carbonyl (C=O) groups is 2. The Bertz CT molecular complexity index is 1060. The Labute approximate surface area is 163 Å². The minimum atomic E-state index is -4.51. The number of anilines is 1. The van der Waals surface area contributed by atoms with Crippen molar-refractivity contribution in [3.8, 4) is 0 Å². The first-order valence-corrected chi connectivity index (χ1v) is 8.50. The van der Waals surface area contributed by atoms with Gasteiger partial charge in [0, 0.05) is 19.2 Å². The molecule has 0 aliphatic heterocycles. The van der Waals surface area contributed by atoms with Crippen LogP contribution in [0.25, 0.3) is 6.08 Å². The summed E-state index contributed by atoms with van der Waals surface area (Å²) in [4.78, 5) is 23.3. The predicted octanol–water partition coefficient (Wildman–Crippen LogP) is 4.40. The van der Waals surface area contributed by atoms with Gasteiger partial charge in [-0.3, -0.25) is 14.3 Å². The fraction of sp³-hybridized carbons (Fsp3) is 0.150. The molecule has 0 aliphatic rings. The fourth-order valence-corrected chi connectivity index (χ4v) is 2.58. The van der Waals surface area contributed by atoms with Gasteiger partial charge in [0.25, 0.3) is 0 Å². The number of ketones is 1. The molecular weight excluding hydrogens is 387 g/mol. The molecule has 0 unspecified atom stereocenters. The van der Waals surface area contributed by atoms with Gasteiger partial charge in [-0.15, -0.1) is 0 Å². The second kappa shape index (κ2) is 8.17. The molecule has 3 rings (SSSR count). The lowest BCUT2D eigenvalue weighted by Gasteiger charge is -2.09. The number of rotatable bonds is 6. The number of hydrogen-bond donors (Lipinski definition) is 1. The molecule has 0 fully saturated rings. The highest BCUT2D eigenvalue weighted by atomic mass is 19.4. The largest absolute Gasteiger partial charge is 0.456 e. The number of benzene rings is 1. The molecule has 1 N–H and O–H groups in total. The third-order valence-electron chi connectivity index (χ3n) is 3.91. The van der Waals surface area contributed by atoms with Crippen LogP contribution in [0, 0.1) is 0 Å². The number of furan rings is 1. The van der Waals surface area contributed by atoms with Crippen LogP contribution in [0.1, 0.15) is 34.4 Å². The number of Topliss-reactive ketones (excluding diaryl/α,β-unsaturated/α-hetero) is 1. The van der Waals surface area contributed by atoms with Crippen LogP contribution >= 0.6 is 0 Å². The summed E-state index contributed by atoms with van der Waals surface area (Å²) < 4.78 is 45.8. The van der Waals surface area contributed by atoms with Gasteiger partial charge in [0.15, 0.2) is 11.5 Å². The predicted molar refractivity (Wildman–Crippen MR) is 99.1 cm³/mol. The Balaban J connectivity index is 1.63. The maximum absolute atomic E-state index is 13.0. The van der Waals surface area contributed by atoms with E-state index in [2.05, 4.69) is 10.4 Å². The molecule has 0 radical (unpaired) electrons. The molecule has 0 saturated carbocycles. The van der Waals surface area contributed by atoms with Crippen LogP contribution in [0.5, 0.6) is 0 Å². The number of hydrogen-bond acceptors (Lipinski definition) is 4. The molecule has 2 aromatic heterocycles. The number of alkyl halides is 3. The first kappa shape index (κ1) is 20.1. The lowest BCUT2D eigenvalue weighted by atomic mass is 10.1. The van der Waals surface area contributed by atoms with Crippen LogP contribution < -0.4 is 5.32 Å². The van der Waals surface area contributed by atoms with Crippen molar-refractivity contribution in [1.29, 1.82) is 0 Å². The number of halogens is 3. The molecule has 9 heteroatoms. The molecule has 0 aliphatic carbocycles. The molecular formula is C20H16F3N3O3. The quantitative estimate of drug-likeness (QED) is 0.489. The second-order valence-electron chi connectivity index (χ2n) is 6.16. The SMILES string of the molecule is CC(=O)c1ccc(Cn2cc(NC(=O)/C=C/c3ccccc3C(F)(F)F)cn2)o1. The zero-order valence-corrected chi connectivity index (χ0v) is 15.2. The molecule has 6 nitrogen and oxygen atoms in total. The van der Waals surface area contributed by atoms with Gasteiger partial charge in [0.05, 0.1) is 24.0 Å². The summed E-state index contributed by atoms with van der Waals surface area (Å²) in [6.45, 7) is 1.64. The molecule has 1 amide bonds. The van der Waals surface area contributed by atoms with E-state index in [1.165, 1.54) is 42.2 Å². The number of aromatic nitrogens is 2. The van der Waals surface area contributed by atoms with Crippen LogP contribution in [0.15, 0.2) is 59.3 Å². The van der Waals surface area contributed by atoms with Gasteiger partial charge in [0.2, 0.25) is 5.91 Å². The smallest absolute Gasteiger partial charge is 0.416 e. The van der Waals surface area contributed by atoms with E-state index in [-0.39, 0.29) is 23.7 Å². The Morgan fingerprint density at radius 1 is 1.21 bits per heavy atom. The number of carbonyl (C=O) groups excluding carboxylic acids is 2. The second-order valence-corrected chi connectivity index (χ2v) is 6.16. The van der Waals surface area contributed by atoms with E-state index in [1.807, 2.05) is 0 Å². The summed E-state index contributed by atoms with van der Waals surface area (Å²) in [5.74, 6) is -0.0354. The van der Waals surface area contributed by atoms with Crippen molar-refractivity contribution >= 4 is 23.5 Å². The Morgan fingerprint density at radius 2 is 1.97 bits per heavy atom. The Hall–Kier alpha value is -3.62. The lowest BCUT2D eigenvalue weighted by Crippen LogP contribution is -2.09. The molecule has 1 aromatic carbocycles. The maximum atomic E-state index is 13.0. The highest BCUT2D eigenvalue weighted by Gasteiger charge is 2.32. The van der Waals surface area contributed by atoms with Crippen LogP contribution in [-0.4, -0.2) is 21.5 Å². The fourth-order valence-electron chi connectivity index (χ4n) is 2.58. The van der Waals surface area contributed by atoms with E-state index in [9.17, 15) is 22.8 Å². The van der Waals surface area contributed by atoms with Crippen molar-refractivity contribution in [2.45, 2.75) is 19.6 Å². The highest BCUT2D eigenvalue weighted by Crippen LogP contribution is 2.32. The zero-order chi connectivity index (χ0) is 21.0. The normalized spacial score (nSPS) is 11.7. The minimum absolute atomic E-state index is 0.107. The lowest BCUT2D eigenvalue weighted by molar-refractivity contribution is -0.137. The number of nitrogens with one attached hydrogen (secondary N) is 1. The van der Waals surface area contributed by atoms with Gasteiger partial charge < -0.3 is 9.73 Å². The van der Waals surface area contributed by atoms with Crippen LogP contribution in [0.4, 0.5) is 18.9 Å². The monoisotopic (exact) mass is 403 g/mol. The van der Waals surface area contributed by atoms with Gasteiger partial charge in [-0.25, -0.2) is 0 Å². The van der Waals surface area contributed by atoms with Crippen molar-refractivity contribution < 1.29 is 27.2 Å². The van der Waals surface area contributed by atoms with E-state index < -0.39 is 17.6 Å². The summed E-state index contributed by atoms with van der Waals surface area (Å²) in [6, 6.07) is 8.19. The standard InChI is InChI=1S/C20H16F3N3O3/c1-13(27)18-8-7-16(29-18)12-26-11-15(10-24-26)25-19(28)9-6-14-4-2-3-5-17(14)20(21,22)23/h2-11H,12H2,1H3,(H,25,28)/b9-6+. The number of amides is 1. The van der Waals surface area contributed by atoms with E-state index in [4.69, 9.17) is 4.42 Å². The zero-order valence-electron chi connectivity index (χ0n) is 15.2. The summed E-state index contributed by atoms with van der Waals surface area (Å²) in [5, 5.41) is 6.59. The first-order chi connectivity index (χ1) is 13.7. The first-order valence-electron chi connectivity index (χ1n) is 8.50. The van der Waals surface area contributed by atoms with E-state index in [0.29, 0.717) is 11.4 Å². The third kappa shape index (κ3) is 5.22. The molecule has 3 aromatic rings. The third-order valence-corrected chi connectivity index (χ3v) is 3.91. The molecule has 29 heavy (non-hydrogen) atoms. The van der Waals surface area contributed by atoms with Crippen LogP contribution in [-0.2, 0) is 17.5 Å². The summed E-state index contributed by atoms with van der Waals surface area (Å²) >= 11 is 0. The Kier molecular flexibility index (Phi) is 5.67. The molecule has 0 atom stereocenters. The maximum Gasteiger partial charge on any atom is 0.416 e. The highest BCUT2D eigenvalue weighted by molar-refractivity contribution is 6.01. The summed E-state index contributed by atoms with van der Waals surface area (Å²) in [6.07, 6.45) is 0.546. The summed E-state index contributed by atoms with van der Waals surface area (Å²) in [7, 11) is 0. The molecule has 0 saturated heterocycles. The Morgan fingerprint density at radius 3 is 2.66 bits per heavy atom. The minimum Gasteiger partial charge on any atom is -0.456 e. The van der Waals surface area contributed by atoms with Crippen molar-refractivity contribution in [3.63, 3.8) is 0 Å². The van der Waals surface area contributed by atoms with Crippen LogP contribution in [0.3, 0.4) is 0 Å². The average molecular weight is 403 g/mol. The summed E-state index contributed by atoms with van der Waals surface area (Å²) in [5.41, 5.74) is -0.563. The van der Waals surface area contributed by atoms with Gasteiger partial charge in [-0.2, -0.15) is 18.3 Å². The van der Waals surface area contributed by atoms with Crippen molar-refractivity contribution in [3.05, 3.63) is 77.5 Å². The average Bonchev–Trinajstić information content (AvgIpc) is 3.29. The van der Waals surface area contributed by atoms with Crippen molar-refractivity contribution in [2.75, 3.05) is 5.32 Å². The van der Waals surface area contributed by atoms with Gasteiger partial charge >= 0.3 is 6.18 Å². The molecule has 2 heterocycles. The topological polar surface area (TPSA) is 77.1 Å². The van der Waals surface area contributed by atoms with Gasteiger partial charge in [-0.1, -0.05) is 18.2 Å². The van der Waals surface area contributed by atoms with Crippen molar-refractivity contribution in [1.82, 2.24) is 9.78 Å². The van der Waals surface area contributed by atoms with Gasteiger partial charge in [0.1, 0.15) is 5.76 Å². The van der Waals surface area contributed by atoms with E-state index in [1.54, 1.807) is 12.1 Å². The van der Waals surface area contributed by atoms with Crippen molar-refractivity contribution in [2.24, 2.45) is 0 Å². The molecule has 0 spiro atoms.